The Labute approximate surface area is 80.2 Å². The number of halogens is 1. The highest BCUT2D eigenvalue weighted by Crippen LogP contribution is 2.28. The Kier molecular flexibility index (Phi) is 3.02. The van der Waals surface area contributed by atoms with Gasteiger partial charge in [0, 0.05) is 19.6 Å². The molecule has 3 heteroatoms. The van der Waals surface area contributed by atoms with Gasteiger partial charge in [-0.2, -0.15) is 0 Å². The van der Waals surface area contributed by atoms with Crippen LogP contribution in [0.2, 0.25) is 0 Å². The lowest BCUT2D eigenvalue weighted by molar-refractivity contribution is 0.183. The van der Waals surface area contributed by atoms with Crippen LogP contribution >= 0.6 is 11.6 Å². The van der Waals surface area contributed by atoms with Crippen molar-refractivity contribution in [3.63, 3.8) is 0 Å². The molecule has 1 rings (SSSR count). The van der Waals surface area contributed by atoms with E-state index in [9.17, 15) is 0 Å². The van der Waals surface area contributed by atoms with Crippen LogP contribution in [-0.2, 0) is 0 Å². The second-order valence-electron chi connectivity index (χ2n) is 4.82. The van der Waals surface area contributed by atoms with Crippen molar-refractivity contribution in [1.29, 1.82) is 0 Å². The first kappa shape index (κ1) is 10.3. The maximum Gasteiger partial charge on any atom is 0.0643 e. The Morgan fingerprint density at radius 1 is 1.50 bits per heavy atom. The minimum Gasteiger partial charge on any atom is -0.254 e. The zero-order valence-electron chi connectivity index (χ0n) is 8.39. The van der Waals surface area contributed by atoms with E-state index >= 15 is 0 Å². The third kappa shape index (κ3) is 2.61. The molecule has 12 heavy (non-hydrogen) atoms. The molecule has 0 aromatic heterocycles. The fourth-order valence-corrected chi connectivity index (χ4v) is 1.95. The number of hydrogen-bond donors (Lipinski definition) is 1. The van der Waals surface area contributed by atoms with E-state index < -0.39 is 0 Å². The first-order chi connectivity index (χ1) is 5.40. The Balaban J connectivity index is 2.50. The number of hydrazine groups is 1. The molecular formula is C9H19ClN2. The summed E-state index contributed by atoms with van der Waals surface area (Å²) in [5.74, 6) is 0. The second-order valence-corrected chi connectivity index (χ2v) is 5.38. The molecule has 0 aromatic rings. The molecule has 1 N–H and O–H groups in total. The lowest BCUT2D eigenvalue weighted by atomic mass is 9.87. The van der Waals surface area contributed by atoms with Crippen LogP contribution in [0.4, 0.5) is 0 Å². The van der Waals surface area contributed by atoms with Gasteiger partial charge in [0.2, 0.25) is 0 Å². The van der Waals surface area contributed by atoms with Crippen molar-refractivity contribution in [2.75, 3.05) is 13.6 Å². The van der Waals surface area contributed by atoms with Crippen LogP contribution in [0.3, 0.4) is 0 Å². The van der Waals surface area contributed by atoms with Crippen molar-refractivity contribution < 1.29 is 0 Å². The topological polar surface area (TPSA) is 15.3 Å². The van der Waals surface area contributed by atoms with Crippen LogP contribution < -0.4 is 5.43 Å². The van der Waals surface area contributed by atoms with Crippen molar-refractivity contribution in [2.45, 2.75) is 38.6 Å². The first-order valence-corrected chi connectivity index (χ1v) is 4.94. The quantitative estimate of drug-likeness (QED) is 0.635. The van der Waals surface area contributed by atoms with E-state index in [1.54, 1.807) is 0 Å². The molecule has 1 heterocycles. The van der Waals surface area contributed by atoms with Crippen LogP contribution in [-0.4, -0.2) is 30.0 Å². The Morgan fingerprint density at radius 2 is 2.08 bits per heavy atom. The summed E-state index contributed by atoms with van der Waals surface area (Å²) < 4.78 is 0. The number of nitrogens with zero attached hydrogens (tertiary/aromatic N) is 1. The first-order valence-electron chi connectivity index (χ1n) is 4.50. The molecule has 0 saturated carbocycles. The Morgan fingerprint density at radius 3 is 2.42 bits per heavy atom. The summed E-state index contributed by atoms with van der Waals surface area (Å²) in [5.41, 5.74) is 3.60. The van der Waals surface area contributed by atoms with Gasteiger partial charge in [0.25, 0.3) is 0 Å². The van der Waals surface area contributed by atoms with Crippen LogP contribution in [0, 0.1) is 5.41 Å². The molecule has 1 saturated heterocycles. The summed E-state index contributed by atoms with van der Waals surface area (Å²) in [6, 6.07) is 0.478. The molecule has 1 fully saturated rings. The number of nitrogens with one attached hydrogen (secondary N) is 1. The highest BCUT2D eigenvalue weighted by atomic mass is 35.5. The highest BCUT2D eigenvalue weighted by Gasteiger charge is 2.32. The molecule has 0 aliphatic carbocycles. The molecule has 1 aliphatic rings. The lowest BCUT2D eigenvalue weighted by Crippen LogP contribution is -2.37. The lowest BCUT2D eigenvalue weighted by Gasteiger charge is -2.28. The number of hydrogen-bond acceptors (Lipinski definition) is 2. The Bertz CT molecular complexity index is 143. The minimum absolute atomic E-state index is 0.259. The van der Waals surface area contributed by atoms with Gasteiger partial charge in [-0.3, -0.25) is 5.43 Å². The van der Waals surface area contributed by atoms with Crippen LogP contribution in [0.15, 0.2) is 0 Å². The molecule has 2 unspecified atom stereocenters. The van der Waals surface area contributed by atoms with Gasteiger partial charge in [-0.1, -0.05) is 20.8 Å². The SMILES string of the molecule is CN1NCC(Cl)C1CC(C)(C)C. The fourth-order valence-electron chi connectivity index (χ4n) is 1.62. The smallest absolute Gasteiger partial charge is 0.0643 e. The van der Waals surface area contributed by atoms with Crippen LogP contribution in [0.1, 0.15) is 27.2 Å². The van der Waals surface area contributed by atoms with E-state index in [2.05, 4.69) is 38.3 Å². The maximum absolute atomic E-state index is 6.17. The highest BCUT2D eigenvalue weighted by molar-refractivity contribution is 6.21. The van der Waals surface area contributed by atoms with Gasteiger partial charge in [-0.15, -0.1) is 11.6 Å². The number of rotatable bonds is 1. The summed E-state index contributed by atoms with van der Waals surface area (Å²) >= 11 is 6.17. The monoisotopic (exact) mass is 190 g/mol. The van der Waals surface area contributed by atoms with Gasteiger partial charge < -0.3 is 0 Å². The minimum atomic E-state index is 0.259. The average molecular weight is 191 g/mol. The molecule has 0 amide bonds. The largest absolute Gasteiger partial charge is 0.254 e. The summed E-state index contributed by atoms with van der Waals surface area (Å²) in [6.45, 7) is 7.66. The van der Waals surface area contributed by atoms with Gasteiger partial charge in [-0.05, 0) is 11.8 Å². The molecule has 0 aromatic carbocycles. The molecule has 0 spiro atoms. The van der Waals surface area contributed by atoms with Gasteiger partial charge >= 0.3 is 0 Å². The van der Waals surface area contributed by atoms with E-state index in [0.717, 1.165) is 13.0 Å². The average Bonchev–Trinajstić information content (AvgIpc) is 2.16. The second kappa shape index (κ2) is 3.52. The zero-order valence-corrected chi connectivity index (χ0v) is 9.15. The Hall–Kier alpha value is 0.210. The number of alkyl halides is 1. The van der Waals surface area contributed by atoms with E-state index in [1.807, 2.05) is 0 Å². The molecule has 2 atom stereocenters. The van der Waals surface area contributed by atoms with Gasteiger partial charge in [-0.25, -0.2) is 5.01 Å². The van der Waals surface area contributed by atoms with E-state index in [1.165, 1.54) is 0 Å². The predicted octanol–water partition coefficient (Wildman–Crippen LogP) is 1.85. The van der Waals surface area contributed by atoms with Crippen molar-refractivity contribution in [2.24, 2.45) is 5.41 Å². The predicted molar refractivity (Wildman–Crippen MR) is 53.3 cm³/mol. The van der Waals surface area contributed by atoms with Gasteiger partial charge in [0.15, 0.2) is 0 Å². The van der Waals surface area contributed by atoms with Crippen molar-refractivity contribution in [3.8, 4) is 0 Å². The summed E-state index contributed by atoms with van der Waals surface area (Å²) in [4.78, 5) is 0. The van der Waals surface area contributed by atoms with Crippen LogP contribution in [0.25, 0.3) is 0 Å². The van der Waals surface area contributed by atoms with Crippen molar-refractivity contribution in [3.05, 3.63) is 0 Å². The summed E-state index contributed by atoms with van der Waals surface area (Å²) in [7, 11) is 2.07. The summed E-state index contributed by atoms with van der Waals surface area (Å²) in [6.07, 6.45) is 1.14. The van der Waals surface area contributed by atoms with Crippen LogP contribution in [0.5, 0.6) is 0 Å². The fraction of sp³-hybridized carbons (Fsp3) is 1.00. The van der Waals surface area contributed by atoms with Gasteiger partial charge in [0.05, 0.1) is 5.38 Å². The molecular weight excluding hydrogens is 172 g/mol. The molecule has 0 bridgehead atoms. The molecule has 72 valence electrons. The van der Waals surface area contributed by atoms with Gasteiger partial charge in [0.1, 0.15) is 0 Å². The van der Waals surface area contributed by atoms with Crippen molar-refractivity contribution in [1.82, 2.24) is 10.4 Å². The zero-order chi connectivity index (χ0) is 9.35. The molecule has 2 nitrogen and oxygen atoms in total. The standard InChI is InChI=1S/C9H19ClN2/c1-9(2,3)5-8-7(10)6-11-12(8)4/h7-8,11H,5-6H2,1-4H3. The van der Waals surface area contributed by atoms with E-state index in [-0.39, 0.29) is 5.38 Å². The molecule has 1 aliphatic heterocycles. The molecule has 0 radical (unpaired) electrons. The van der Waals surface area contributed by atoms with Crippen molar-refractivity contribution >= 4 is 11.6 Å². The van der Waals surface area contributed by atoms with E-state index in [0.29, 0.717) is 11.5 Å². The third-order valence-corrected chi connectivity index (χ3v) is 2.72. The third-order valence-electron chi connectivity index (χ3n) is 2.27. The normalized spacial score (nSPS) is 32.8. The summed E-state index contributed by atoms with van der Waals surface area (Å²) in [5, 5.41) is 2.40. The maximum atomic E-state index is 6.17. The van der Waals surface area contributed by atoms with E-state index in [4.69, 9.17) is 11.6 Å².